The van der Waals surface area contributed by atoms with Crippen LogP contribution in [0.1, 0.15) is 131 Å². The number of amides is 7. The molecule has 0 spiro atoms. The highest BCUT2D eigenvalue weighted by molar-refractivity contribution is 5.99. The second-order valence-electron chi connectivity index (χ2n) is 23.2. The summed E-state index contributed by atoms with van der Waals surface area (Å²) >= 11 is 0. The summed E-state index contributed by atoms with van der Waals surface area (Å²) in [6.45, 7) is 9.76. The molecular formula is C59H98N12O16. The van der Waals surface area contributed by atoms with Gasteiger partial charge in [0.05, 0.1) is 42.0 Å². The maximum atomic E-state index is 14.6. The van der Waals surface area contributed by atoms with Crippen LogP contribution in [0.3, 0.4) is 0 Å². The lowest BCUT2D eigenvalue weighted by molar-refractivity contribution is -0.161. The van der Waals surface area contributed by atoms with Crippen LogP contribution in [0.15, 0.2) is 30.3 Å². The van der Waals surface area contributed by atoms with Gasteiger partial charge < -0.3 is 85.6 Å². The van der Waals surface area contributed by atoms with Crippen molar-refractivity contribution in [1.29, 1.82) is 0 Å². The van der Waals surface area contributed by atoms with E-state index in [4.69, 9.17) is 38.1 Å². The Bertz CT molecular complexity index is 2450. The molecular weight excluding hydrogens is 1130 g/mol. The van der Waals surface area contributed by atoms with E-state index in [1.807, 2.05) is 0 Å². The first-order valence-electron chi connectivity index (χ1n) is 30.0. The zero-order chi connectivity index (χ0) is 65.6. The van der Waals surface area contributed by atoms with Crippen LogP contribution in [0.4, 0.5) is 0 Å². The summed E-state index contributed by atoms with van der Waals surface area (Å²) in [6, 6.07) is 0.0774. The molecule has 1 aliphatic heterocycles. The van der Waals surface area contributed by atoms with Gasteiger partial charge in [0, 0.05) is 50.5 Å². The van der Waals surface area contributed by atoms with Gasteiger partial charge in [0.25, 0.3) is 0 Å². The van der Waals surface area contributed by atoms with E-state index in [9.17, 15) is 67.7 Å². The van der Waals surface area contributed by atoms with E-state index in [1.54, 1.807) is 65.0 Å². The highest BCUT2D eigenvalue weighted by Gasteiger charge is 2.38. The Morgan fingerprint density at radius 3 is 1.82 bits per heavy atom. The fourth-order valence-corrected chi connectivity index (χ4v) is 9.37. The fraction of sp³-hybridized carbons (Fsp3) is 0.695. The van der Waals surface area contributed by atoms with Crippen LogP contribution in [-0.2, 0) is 73.4 Å². The molecule has 0 radical (unpaired) electrons. The van der Waals surface area contributed by atoms with Crippen molar-refractivity contribution in [3.05, 3.63) is 35.9 Å². The van der Waals surface area contributed by atoms with Gasteiger partial charge in [-0.2, -0.15) is 0 Å². The molecule has 12 atom stereocenters. The van der Waals surface area contributed by atoms with Crippen molar-refractivity contribution >= 4 is 70.6 Å². The van der Waals surface area contributed by atoms with E-state index in [0.717, 1.165) is 0 Å². The average Bonchev–Trinajstić information content (AvgIpc) is 2.86. The van der Waals surface area contributed by atoms with Gasteiger partial charge in [0.2, 0.25) is 41.4 Å². The van der Waals surface area contributed by atoms with Crippen LogP contribution in [0.25, 0.3) is 0 Å². The number of carbonyl (C=O) groups is 12. The van der Waals surface area contributed by atoms with Crippen LogP contribution in [0.2, 0.25) is 0 Å². The lowest BCUT2D eigenvalue weighted by Gasteiger charge is -2.28. The number of aliphatic hydroxyl groups excluding tert-OH is 2. The van der Waals surface area contributed by atoms with Crippen LogP contribution >= 0.6 is 0 Å². The van der Waals surface area contributed by atoms with Crippen LogP contribution in [0, 0.1) is 29.1 Å². The minimum atomic E-state index is -1.64. The molecule has 2 rings (SSSR count). The predicted octanol–water partition coefficient (Wildman–Crippen LogP) is -2.78. The van der Waals surface area contributed by atoms with Gasteiger partial charge in [-0.1, -0.05) is 51.1 Å². The molecule has 0 saturated carbocycles. The first-order chi connectivity index (χ1) is 41.1. The number of hydrogen-bond donors (Lipinski definition) is 14. The van der Waals surface area contributed by atoms with E-state index in [1.165, 1.54) is 13.8 Å². The Hall–Kier alpha value is -6.82. The van der Waals surface area contributed by atoms with Crippen LogP contribution in [-0.4, -0.2) is 181 Å². The van der Waals surface area contributed by atoms with E-state index in [0.29, 0.717) is 12.0 Å². The van der Waals surface area contributed by atoms with Gasteiger partial charge in [-0.05, 0) is 117 Å². The number of carbonyl (C=O) groups excluding carboxylic acids is 12. The zero-order valence-electron chi connectivity index (χ0n) is 51.5. The van der Waals surface area contributed by atoms with Gasteiger partial charge in [-0.15, -0.1) is 0 Å². The van der Waals surface area contributed by atoms with Crippen LogP contribution in [0.5, 0.6) is 0 Å². The molecule has 28 heteroatoms. The third-order valence-corrected chi connectivity index (χ3v) is 15.0. The summed E-state index contributed by atoms with van der Waals surface area (Å²) in [5.41, 5.74) is 29.2. The lowest BCUT2D eigenvalue weighted by Crippen LogP contribution is -2.59. The number of ketones is 3. The molecule has 1 heterocycles. The van der Waals surface area contributed by atoms with E-state index < -0.39 is 181 Å². The monoisotopic (exact) mass is 1230 g/mol. The molecule has 490 valence electrons. The number of aliphatic hydroxyl groups is 2. The molecule has 0 aliphatic carbocycles. The SMILES string of the molecule is CCC(C)(C)C(=O)OCCC(=O)O[C@@H](CCN)C(=O)C[C@H](C(=O)N[C@@H](CCN)C(=O)C[C@H]1CCNC(=O)[C@H](C(C)O)NC(=O)[C@H](CCN)CC(=O)[C@H](CCN)NC(=O)[C@H](CC(C)C)NC(=O)[C@@H](Cc2ccccc2)NC(=O)[C@H](CCN)NC1=O)C(C)O. The summed E-state index contributed by atoms with van der Waals surface area (Å²) in [5, 5.41) is 40.0. The fourth-order valence-electron chi connectivity index (χ4n) is 9.37. The Morgan fingerprint density at radius 1 is 0.678 bits per heavy atom. The normalized spacial score (nSPS) is 22.6. The molecule has 0 aromatic heterocycles. The quantitative estimate of drug-likeness (QED) is 0.0346. The zero-order valence-corrected chi connectivity index (χ0v) is 51.5. The van der Waals surface area contributed by atoms with Crippen LogP contribution < -0.4 is 65.9 Å². The number of Topliss-reactive ketones (excluding diaryl/α,β-unsaturated/α-hetero) is 3. The molecule has 1 saturated heterocycles. The summed E-state index contributed by atoms with van der Waals surface area (Å²) in [6.07, 6.45) is -7.49. The second kappa shape index (κ2) is 39.2. The maximum Gasteiger partial charge on any atom is 0.311 e. The number of ether oxygens (including phenoxy) is 2. The van der Waals surface area contributed by atoms with Crippen molar-refractivity contribution in [2.75, 3.05) is 45.9 Å². The lowest BCUT2D eigenvalue weighted by atomic mass is 9.90. The first-order valence-corrected chi connectivity index (χ1v) is 30.0. The molecule has 2 unspecified atom stereocenters. The Morgan fingerprint density at radius 2 is 1.24 bits per heavy atom. The Balaban J connectivity index is 2.67. The van der Waals surface area contributed by atoms with Crippen molar-refractivity contribution in [2.24, 2.45) is 57.8 Å². The third kappa shape index (κ3) is 26.6. The largest absolute Gasteiger partial charge is 0.465 e. The number of nitrogens with one attached hydrogen (secondary N) is 7. The van der Waals surface area contributed by atoms with Crippen molar-refractivity contribution in [2.45, 2.75) is 186 Å². The van der Waals surface area contributed by atoms with Crippen molar-refractivity contribution in [3.63, 3.8) is 0 Å². The molecule has 1 aromatic carbocycles. The van der Waals surface area contributed by atoms with Gasteiger partial charge in [0.1, 0.15) is 30.8 Å². The number of esters is 2. The number of hydrogen-bond acceptors (Lipinski definition) is 21. The van der Waals surface area contributed by atoms with Gasteiger partial charge in [-0.3, -0.25) is 57.5 Å². The third-order valence-electron chi connectivity index (χ3n) is 15.0. The summed E-state index contributed by atoms with van der Waals surface area (Å²) in [5.74, 6) is -14.2. The minimum absolute atomic E-state index is 0.0619. The molecule has 1 aromatic rings. The number of nitrogens with two attached hydrogens (primary N) is 5. The molecule has 87 heavy (non-hydrogen) atoms. The van der Waals surface area contributed by atoms with E-state index in [-0.39, 0.29) is 96.6 Å². The summed E-state index contributed by atoms with van der Waals surface area (Å²) in [7, 11) is 0. The maximum absolute atomic E-state index is 14.6. The highest BCUT2D eigenvalue weighted by Crippen LogP contribution is 2.23. The van der Waals surface area contributed by atoms with Gasteiger partial charge in [-0.25, -0.2) is 0 Å². The minimum Gasteiger partial charge on any atom is -0.465 e. The molecule has 19 N–H and O–H groups in total. The second-order valence-corrected chi connectivity index (χ2v) is 23.2. The van der Waals surface area contributed by atoms with Crippen molar-refractivity contribution in [1.82, 2.24) is 37.2 Å². The van der Waals surface area contributed by atoms with Gasteiger partial charge in [0.15, 0.2) is 23.5 Å². The number of rotatable bonds is 30. The average molecular weight is 1230 g/mol. The molecule has 0 bridgehead atoms. The predicted molar refractivity (Wildman–Crippen MR) is 319 cm³/mol. The Labute approximate surface area is 509 Å². The van der Waals surface area contributed by atoms with E-state index in [2.05, 4.69) is 37.2 Å². The first kappa shape index (κ1) is 76.3. The topological polar surface area (TPSA) is 478 Å². The van der Waals surface area contributed by atoms with Gasteiger partial charge >= 0.3 is 11.9 Å². The number of benzene rings is 1. The summed E-state index contributed by atoms with van der Waals surface area (Å²) < 4.78 is 10.6. The summed E-state index contributed by atoms with van der Waals surface area (Å²) in [4.78, 5) is 167. The van der Waals surface area contributed by atoms with E-state index >= 15 is 0 Å². The highest BCUT2D eigenvalue weighted by atomic mass is 16.6. The Kier molecular flexibility index (Phi) is 34.3. The van der Waals surface area contributed by atoms with Crippen molar-refractivity contribution < 1.29 is 77.2 Å². The molecule has 7 amide bonds. The standard InChI is InChI=1S/C59H98N12O16/c1-8-59(6,7)58(85)86-27-20-49(77)87-48(18-25-64)47(76)32-39(34(4)72)53(80)66-40(15-22-61)46(75)31-38-19-26-65-57(84)50(35(5)73)71-52(79)37(14-21-60)30-45(74)41(16-23-62)67-55(82)43(28-33(2)3)69-56(83)44(29-36-12-10-9-11-13-36)70-54(81)42(17-24-63)68-51(38)78/h9-13,33-35,37-44,48,50,72-73H,8,14-32,60-64H2,1-7H3,(H,65,84)(H,66,80)(H,67,82)(H,68,78)(H,69,83)(H,70,81)(H,71,79)/t34?,35?,37-,38-,39+,40+,41+,42+,43+,44-,48+,50+/m1/s1. The smallest absolute Gasteiger partial charge is 0.311 e. The molecule has 1 fully saturated rings. The van der Waals surface area contributed by atoms with Crippen molar-refractivity contribution in [3.8, 4) is 0 Å². The molecule has 28 nitrogen and oxygen atoms in total. The molecule has 1 aliphatic rings.